The highest BCUT2D eigenvalue weighted by atomic mass is 79.9. The smallest absolute Gasteiger partial charge is 0.256 e. The second kappa shape index (κ2) is 7.75. The Bertz CT molecular complexity index is 1100. The predicted octanol–water partition coefficient (Wildman–Crippen LogP) is 4.91. The molecule has 1 aliphatic rings. The van der Waals surface area contributed by atoms with Crippen LogP contribution < -0.4 is 5.32 Å². The molecule has 146 valence electrons. The summed E-state index contributed by atoms with van der Waals surface area (Å²) in [4.78, 5) is 27.3. The van der Waals surface area contributed by atoms with Gasteiger partial charge in [-0.25, -0.2) is 8.78 Å². The third-order valence-electron chi connectivity index (χ3n) is 4.76. The van der Waals surface area contributed by atoms with Gasteiger partial charge in [0.2, 0.25) is 5.91 Å². The molecule has 7 heteroatoms. The highest BCUT2D eigenvalue weighted by Gasteiger charge is 2.34. The Morgan fingerprint density at radius 1 is 1.00 bits per heavy atom. The lowest BCUT2D eigenvalue weighted by Crippen LogP contribution is -2.39. The molecule has 3 aromatic rings. The lowest BCUT2D eigenvalue weighted by Gasteiger charge is -2.31. The first-order chi connectivity index (χ1) is 13.9. The number of carbonyl (C=O) groups excluding carboxylic acids is 2. The Morgan fingerprint density at radius 3 is 2.41 bits per heavy atom. The normalized spacial score (nSPS) is 16.0. The number of nitrogens with one attached hydrogen (secondary N) is 1. The molecule has 0 bridgehead atoms. The maximum absolute atomic E-state index is 14.1. The van der Waals surface area contributed by atoms with E-state index in [0.29, 0.717) is 26.9 Å². The molecule has 3 aromatic carbocycles. The van der Waals surface area contributed by atoms with Gasteiger partial charge in [0.05, 0.1) is 11.6 Å². The van der Waals surface area contributed by atoms with E-state index in [1.807, 2.05) is 0 Å². The van der Waals surface area contributed by atoms with E-state index in [2.05, 4.69) is 21.2 Å². The minimum absolute atomic E-state index is 0.238. The van der Waals surface area contributed by atoms with Crippen molar-refractivity contribution in [3.05, 3.63) is 99.5 Å². The van der Waals surface area contributed by atoms with E-state index in [1.54, 1.807) is 24.3 Å². The molecule has 0 fully saturated rings. The third-order valence-corrected chi connectivity index (χ3v) is 5.45. The van der Waals surface area contributed by atoms with Crippen molar-refractivity contribution in [3.63, 3.8) is 0 Å². The molecule has 29 heavy (non-hydrogen) atoms. The summed E-state index contributed by atoms with van der Waals surface area (Å²) in [6, 6.07) is 15.7. The van der Waals surface area contributed by atoms with Gasteiger partial charge < -0.3 is 10.2 Å². The van der Waals surface area contributed by atoms with Crippen LogP contribution in [0.3, 0.4) is 0 Å². The highest BCUT2D eigenvalue weighted by Crippen LogP contribution is 2.37. The van der Waals surface area contributed by atoms with Gasteiger partial charge in [0.25, 0.3) is 5.91 Å². The van der Waals surface area contributed by atoms with Crippen LogP contribution in [0.4, 0.5) is 14.5 Å². The Labute approximate surface area is 174 Å². The number of amides is 2. The number of benzene rings is 3. The molecule has 0 saturated heterocycles. The van der Waals surface area contributed by atoms with Gasteiger partial charge in [-0.05, 0) is 64.0 Å². The molecule has 0 aliphatic carbocycles. The number of hydrogen-bond acceptors (Lipinski definition) is 2. The summed E-state index contributed by atoms with van der Waals surface area (Å²) in [5.74, 6) is -1.73. The van der Waals surface area contributed by atoms with E-state index in [1.165, 1.54) is 47.4 Å². The number of fused-ring (bicyclic) bond motifs is 1. The molecule has 1 heterocycles. The van der Waals surface area contributed by atoms with E-state index >= 15 is 0 Å². The molecule has 0 saturated carbocycles. The number of anilines is 1. The largest absolute Gasteiger partial charge is 0.324 e. The summed E-state index contributed by atoms with van der Waals surface area (Å²) in [6.07, 6.45) is 0. The van der Waals surface area contributed by atoms with Gasteiger partial charge in [0.15, 0.2) is 0 Å². The molecule has 2 amide bonds. The minimum atomic E-state index is -0.778. The van der Waals surface area contributed by atoms with Crippen LogP contribution in [0.25, 0.3) is 0 Å². The fourth-order valence-electron chi connectivity index (χ4n) is 3.46. The van der Waals surface area contributed by atoms with Crippen LogP contribution in [0.15, 0.2) is 71.2 Å². The average molecular weight is 457 g/mol. The number of nitrogens with zero attached hydrogens (tertiary/aromatic N) is 1. The fraction of sp³-hybridized carbons (Fsp3) is 0.0909. The van der Waals surface area contributed by atoms with Gasteiger partial charge in [-0.15, -0.1) is 0 Å². The number of halogens is 3. The predicted molar refractivity (Wildman–Crippen MR) is 108 cm³/mol. The van der Waals surface area contributed by atoms with E-state index < -0.39 is 29.5 Å². The van der Waals surface area contributed by atoms with Crippen molar-refractivity contribution in [2.45, 2.75) is 6.04 Å². The second-order valence-electron chi connectivity index (χ2n) is 6.65. The van der Waals surface area contributed by atoms with Crippen molar-refractivity contribution in [1.82, 2.24) is 4.90 Å². The van der Waals surface area contributed by atoms with Gasteiger partial charge in [-0.3, -0.25) is 9.59 Å². The van der Waals surface area contributed by atoms with Crippen molar-refractivity contribution in [1.29, 1.82) is 0 Å². The van der Waals surface area contributed by atoms with Crippen molar-refractivity contribution in [3.8, 4) is 0 Å². The highest BCUT2D eigenvalue weighted by molar-refractivity contribution is 9.10. The molecule has 0 radical (unpaired) electrons. The van der Waals surface area contributed by atoms with Crippen LogP contribution in [0.5, 0.6) is 0 Å². The minimum Gasteiger partial charge on any atom is -0.324 e. The Kier molecular flexibility index (Phi) is 5.15. The summed E-state index contributed by atoms with van der Waals surface area (Å²) in [7, 11) is 0. The summed E-state index contributed by atoms with van der Waals surface area (Å²) in [5, 5.41) is 2.73. The van der Waals surface area contributed by atoms with Gasteiger partial charge in [0.1, 0.15) is 18.2 Å². The molecule has 0 unspecified atom stereocenters. The fourth-order valence-corrected chi connectivity index (χ4v) is 3.91. The summed E-state index contributed by atoms with van der Waals surface area (Å²) >= 11 is 3.37. The SMILES string of the molecule is O=C1CN(C(=O)c2ccccc2Br)[C@@H](c2ccc(F)cc2)c2cc(F)ccc2N1. The maximum atomic E-state index is 14.1. The quantitative estimate of drug-likeness (QED) is 0.595. The summed E-state index contributed by atoms with van der Waals surface area (Å²) in [6.45, 7) is -0.238. The standard InChI is InChI=1S/C22H15BrF2N2O2/c23-18-4-2-1-3-16(18)22(29)27-12-20(28)26-19-10-9-15(25)11-17(19)21(27)13-5-7-14(24)8-6-13/h1-11,21H,12H2,(H,26,28)/t21-/m0/s1. The lowest BCUT2D eigenvalue weighted by molar-refractivity contribution is -0.117. The number of hydrogen-bond donors (Lipinski definition) is 1. The molecule has 0 spiro atoms. The molecule has 0 aromatic heterocycles. The Morgan fingerprint density at radius 2 is 1.69 bits per heavy atom. The molecule has 1 atom stereocenters. The first-order valence-electron chi connectivity index (χ1n) is 8.84. The third kappa shape index (κ3) is 3.78. The topological polar surface area (TPSA) is 49.4 Å². The summed E-state index contributed by atoms with van der Waals surface area (Å²) in [5.41, 5.74) is 1.76. The van der Waals surface area contributed by atoms with Crippen LogP contribution >= 0.6 is 15.9 Å². The van der Waals surface area contributed by atoms with Crippen molar-refractivity contribution in [2.24, 2.45) is 0 Å². The van der Waals surface area contributed by atoms with Crippen LogP contribution in [0.2, 0.25) is 0 Å². The van der Waals surface area contributed by atoms with Gasteiger partial charge in [-0.1, -0.05) is 24.3 Å². The van der Waals surface area contributed by atoms with Crippen molar-refractivity contribution < 1.29 is 18.4 Å². The lowest BCUT2D eigenvalue weighted by atomic mass is 9.95. The van der Waals surface area contributed by atoms with Crippen molar-refractivity contribution in [2.75, 3.05) is 11.9 Å². The van der Waals surface area contributed by atoms with Crippen LogP contribution in [0, 0.1) is 11.6 Å². The average Bonchev–Trinajstić information content (AvgIpc) is 2.84. The zero-order valence-electron chi connectivity index (χ0n) is 15.0. The Balaban J connectivity index is 1.91. The monoisotopic (exact) mass is 456 g/mol. The van der Waals surface area contributed by atoms with Gasteiger partial charge >= 0.3 is 0 Å². The van der Waals surface area contributed by atoms with Gasteiger partial charge in [0, 0.05) is 15.7 Å². The first-order valence-corrected chi connectivity index (χ1v) is 9.63. The zero-order chi connectivity index (χ0) is 20.5. The van der Waals surface area contributed by atoms with Crippen molar-refractivity contribution >= 4 is 33.4 Å². The van der Waals surface area contributed by atoms with Crippen LogP contribution in [0.1, 0.15) is 27.5 Å². The molecule has 4 nitrogen and oxygen atoms in total. The Hall–Kier alpha value is -3.06. The van der Waals surface area contributed by atoms with E-state index in [9.17, 15) is 18.4 Å². The molecule has 1 N–H and O–H groups in total. The molecule has 1 aliphatic heterocycles. The summed E-state index contributed by atoms with van der Waals surface area (Å²) < 4.78 is 28.2. The van der Waals surface area contributed by atoms with Crippen LogP contribution in [-0.4, -0.2) is 23.3 Å². The number of rotatable bonds is 2. The van der Waals surface area contributed by atoms with E-state index in [-0.39, 0.29) is 6.54 Å². The second-order valence-corrected chi connectivity index (χ2v) is 7.50. The molecule has 4 rings (SSSR count). The first kappa shape index (κ1) is 19.3. The van der Waals surface area contributed by atoms with E-state index in [0.717, 1.165) is 0 Å². The maximum Gasteiger partial charge on any atom is 0.256 e. The van der Waals surface area contributed by atoms with Crippen LogP contribution in [-0.2, 0) is 4.79 Å². The molecular formula is C22H15BrF2N2O2. The number of carbonyl (C=O) groups is 2. The molecular weight excluding hydrogens is 442 g/mol. The van der Waals surface area contributed by atoms with Gasteiger partial charge in [-0.2, -0.15) is 0 Å². The zero-order valence-corrected chi connectivity index (χ0v) is 16.6. The van der Waals surface area contributed by atoms with E-state index in [4.69, 9.17) is 0 Å².